The van der Waals surface area contributed by atoms with Gasteiger partial charge in [-0.15, -0.1) is 0 Å². The van der Waals surface area contributed by atoms with Crippen molar-refractivity contribution in [2.24, 2.45) is 5.73 Å². The molecule has 0 amide bonds. The summed E-state index contributed by atoms with van der Waals surface area (Å²) in [6.07, 6.45) is 1.72. The van der Waals surface area contributed by atoms with Crippen LogP contribution in [0.5, 0.6) is 5.75 Å². The van der Waals surface area contributed by atoms with Gasteiger partial charge in [0.15, 0.2) is 0 Å². The molecular formula is C15H18ClN3O. The van der Waals surface area contributed by atoms with Crippen molar-refractivity contribution < 1.29 is 4.74 Å². The monoisotopic (exact) mass is 291 g/mol. The van der Waals surface area contributed by atoms with Crippen molar-refractivity contribution in [3.05, 3.63) is 52.7 Å². The molecule has 106 valence electrons. The van der Waals surface area contributed by atoms with Crippen molar-refractivity contribution in [1.29, 1.82) is 0 Å². The molecule has 4 nitrogen and oxygen atoms in total. The number of halogens is 1. The molecule has 20 heavy (non-hydrogen) atoms. The Kier molecular flexibility index (Phi) is 4.82. The van der Waals surface area contributed by atoms with E-state index in [1.165, 1.54) is 0 Å². The van der Waals surface area contributed by atoms with Gasteiger partial charge in [0.2, 0.25) is 0 Å². The Morgan fingerprint density at radius 2 is 2.00 bits per heavy atom. The molecule has 1 heterocycles. The fraction of sp³-hybridized carbons (Fsp3) is 0.267. The largest absolute Gasteiger partial charge is 0.496 e. The van der Waals surface area contributed by atoms with Gasteiger partial charge in [0.25, 0.3) is 0 Å². The van der Waals surface area contributed by atoms with Gasteiger partial charge in [-0.2, -0.15) is 0 Å². The average molecular weight is 292 g/mol. The smallest absolute Gasteiger partial charge is 0.147 e. The van der Waals surface area contributed by atoms with Crippen molar-refractivity contribution in [2.45, 2.75) is 13.1 Å². The first-order chi connectivity index (χ1) is 9.67. The van der Waals surface area contributed by atoms with Gasteiger partial charge in [0.1, 0.15) is 11.6 Å². The van der Waals surface area contributed by atoms with E-state index in [1.807, 2.05) is 42.3 Å². The molecule has 0 aliphatic rings. The standard InChI is InChI=1S/C15H18ClN3O/c1-19(10-12-5-3-4-6-13(12)20-2)15-14(16)11(9-17)7-8-18-15/h3-8H,9-10,17H2,1-2H3. The molecule has 2 N–H and O–H groups in total. The van der Waals surface area contributed by atoms with E-state index in [1.54, 1.807) is 13.3 Å². The third kappa shape index (κ3) is 3.03. The number of pyridine rings is 1. The highest BCUT2D eigenvalue weighted by Crippen LogP contribution is 2.28. The molecule has 2 aromatic rings. The summed E-state index contributed by atoms with van der Waals surface area (Å²) >= 11 is 6.33. The van der Waals surface area contributed by atoms with E-state index in [0.29, 0.717) is 18.1 Å². The first kappa shape index (κ1) is 14.6. The third-order valence-electron chi connectivity index (χ3n) is 3.13. The van der Waals surface area contributed by atoms with Gasteiger partial charge < -0.3 is 15.4 Å². The van der Waals surface area contributed by atoms with Gasteiger partial charge in [-0.25, -0.2) is 4.98 Å². The zero-order chi connectivity index (χ0) is 14.5. The molecule has 0 spiro atoms. The number of anilines is 1. The first-order valence-electron chi connectivity index (χ1n) is 6.33. The van der Waals surface area contributed by atoms with E-state index in [2.05, 4.69) is 4.98 Å². The molecule has 0 saturated carbocycles. The van der Waals surface area contributed by atoms with Crippen LogP contribution in [-0.4, -0.2) is 19.1 Å². The topological polar surface area (TPSA) is 51.4 Å². The van der Waals surface area contributed by atoms with Crippen LogP contribution in [0.3, 0.4) is 0 Å². The van der Waals surface area contributed by atoms with Gasteiger partial charge in [-0.05, 0) is 17.7 Å². The molecule has 0 radical (unpaired) electrons. The molecular weight excluding hydrogens is 274 g/mol. The quantitative estimate of drug-likeness (QED) is 0.920. The second kappa shape index (κ2) is 6.59. The summed E-state index contributed by atoms with van der Waals surface area (Å²) in [6, 6.07) is 9.73. The fourth-order valence-corrected chi connectivity index (χ4v) is 2.39. The van der Waals surface area contributed by atoms with Gasteiger partial charge in [-0.1, -0.05) is 29.8 Å². The van der Waals surface area contributed by atoms with Crippen molar-refractivity contribution in [3.8, 4) is 5.75 Å². The fourth-order valence-electron chi connectivity index (χ4n) is 2.06. The Hall–Kier alpha value is -1.78. The minimum Gasteiger partial charge on any atom is -0.496 e. The number of hydrogen-bond donors (Lipinski definition) is 1. The van der Waals surface area contributed by atoms with E-state index in [0.717, 1.165) is 22.7 Å². The molecule has 0 saturated heterocycles. The van der Waals surface area contributed by atoms with Crippen LogP contribution in [0.2, 0.25) is 5.02 Å². The summed E-state index contributed by atoms with van der Waals surface area (Å²) < 4.78 is 5.36. The molecule has 1 aromatic carbocycles. The van der Waals surface area contributed by atoms with Crippen LogP contribution in [0.15, 0.2) is 36.5 Å². The lowest BCUT2D eigenvalue weighted by Crippen LogP contribution is -2.19. The minimum absolute atomic E-state index is 0.400. The van der Waals surface area contributed by atoms with Crippen LogP contribution in [0.1, 0.15) is 11.1 Å². The highest BCUT2D eigenvalue weighted by Gasteiger charge is 2.13. The van der Waals surface area contributed by atoms with Crippen molar-refractivity contribution in [1.82, 2.24) is 4.98 Å². The number of benzene rings is 1. The number of ether oxygens (including phenoxy) is 1. The maximum absolute atomic E-state index is 6.33. The summed E-state index contributed by atoms with van der Waals surface area (Å²) in [5.74, 6) is 1.57. The van der Waals surface area contributed by atoms with E-state index in [4.69, 9.17) is 22.1 Å². The number of aromatic nitrogens is 1. The average Bonchev–Trinajstić information content (AvgIpc) is 2.48. The lowest BCUT2D eigenvalue weighted by molar-refractivity contribution is 0.409. The van der Waals surface area contributed by atoms with Gasteiger partial charge >= 0.3 is 0 Å². The lowest BCUT2D eigenvalue weighted by atomic mass is 10.2. The van der Waals surface area contributed by atoms with Crippen LogP contribution in [0, 0.1) is 0 Å². The second-order valence-corrected chi connectivity index (χ2v) is 4.86. The van der Waals surface area contributed by atoms with E-state index in [9.17, 15) is 0 Å². The zero-order valence-electron chi connectivity index (χ0n) is 11.6. The van der Waals surface area contributed by atoms with Crippen LogP contribution < -0.4 is 15.4 Å². The molecule has 0 aliphatic carbocycles. The predicted molar refractivity (Wildman–Crippen MR) is 82.2 cm³/mol. The molecule has 0 bridgehead atoms. The van der Waals surface area contributed by atoms with Crippen molar-refractivity contribution in [3.63, 3.8) is 0 Å². The predicted octanol–water partition coefficient (Wildman–Crippen LogP) is 2.84. The molecule has 0 aliphatic heterocycles. The van der Waals surface area contributed by atoms with E-state index in [-0.39, 0.29) is 0 Å². The maximum atomic E-state index is 6.33. The number of nitrogens with zero attached hydrogens (tertiary/aromatic N) is 2. The zero-order valence-corrected chi connectivity index (χ0v) is 12.4. The van der Waals surface area contributed by atoms with Crippen molar-refractivity contribution in [2.75, 3.05) is 19.1 Å². The summed E-state index contributed by atoms with van der Waals surface area (Å²) in [5, 5.41) is 0.604. The number of rotatable bonds is 5. The summed E-state index contributed by atoms with van der Waals surface area (Å²) in [7, 11) is 3.61. The number of nitrogens with two attached hydrogens (primary N) is 1. The lowest BCUT2D eigenvalue weighted by Gasteiger charge is -2.21. The highest BCUT2D eigenvalue weighted by molar-refractivity contribution is 6.33. The summed E-state index contributed by atoms with van der Waals surface area (Å²) in [6.45, 7) is 1.06. The third-order valence-corrected chi connectivity index (χ3v) is 3.54. The van der Waals surface area contributed by atoms with E-state index < -0.39 is 0 Å². The Labute approximate surface area is 124 Å². The van der Waals surface area contributed by atoms with Crippen LogP contribution in [0.25, 0.3) is 0 Å². The molecule has 5 heteroatoms. The van der Waals surface area contributed by atoms with Gasteiger partial charge in [0.05, 0.1) is 12.1 Å². The Balaban J connectivity index is 2.26. The Morgan fingerprint density at radius 1 is 1.25 bits per heavy atom. The molecule has 0 fully saturated rings. The van der Waals surface area contributed by atoms with E-state index >= 15 is 0 Å². The van der Waals surface area contributed by atoms with Crippen LogP contribution in [0.4, 0.5) is 5.82 Å². The first-order valence-corrected chi connectivity index (χ1v) is 6.71. The van der Waals surface area contributed by atoms with Gasteiger partial charge in [0, 0.05) is 31.9 Å². The second-order valence-electron chi connectivity index (χ2n) is 4.48. The molecule has 2 rings (SSSR count). The van der Waals surface area contributed by atoms with Gasteiger partial charge in [-0.3, -0.25) is 0 Å². The summed E-state index contributed by atoms with van der Waals surface area (Å²) in [5.41, 5.74) is 7.64. The van der Waals surface area contributed by atoms with Crippen molar-refractivity contribution >= 4 is 17.4 Å². The molecule has 0 unspecified atom stereocenters. The number of hydrogen-bond acceptors (Lipinski definition) is 4. The minimum atomic E-state index is 0.400. The highest BCUT2D eigenvalue weighted by atomic mass is 35.5. The number of methoxy groups -OCH3 is 1. The number of para-hydroxylation sites is 1. The SMILES string of the molecule is COc1ccccc1CN(C)c1nccc(CN)c1Cl. The Morgan fingerprint density at radius 3 is 2.70 bits per heavy atom. The maximum Gasteiger partial charge on any atom is 0.147 e. The van der Waals surface area contributed by atoms with Crippen LogP contribution >= 0.6 is 11.6 Å². The van der Waals surface area contributed by atoms with Crippen LogP contribution in [-0.2, 0) is 13.1 Å². The molecule has 1 aromatic heterocycles. The Bertz CT molecular complexity index is 589. The normalized spacial score (nSPS) is 10.4. The molecule has 0 atom stereocenters. The summed E-state index contributed by atoms with van der Waals surface area (Å²) in [4.78, 5) is 6.32.